The lowest BCUT2D eigenvalue weighted by Crippen LogP contribution is -2.37. The van der Waals surface area contributed by atoms with E-state index in [0.717, 1.165) is 29.5 Å². The van der Waals surface area contributed by atoms with Crippen molar-refractivity contribution in [3.8, 4) is 5.75 Å². The number of rotatable bonds is 3. The van der Waals surface area contributed by atoms with Crippen molar-refractivity contribution >= 4 is 23.3 Å². The number of aryl methyl sites for hydroxylation is 1. The molecular formula is C16H24ClN3O. The van der Waals surface area contributed by atoms with Crippen molar-refractivity contribution < 1.29 is 4.74 Å². The Hall–Kier alpha value is -1.26. The zero-order valence-corrected chi connectivity index (χ0v) is 13.7. The van der Waals surface area contributed by atoms with E-state index in [0.29, 0.717) is 12.1 Å². The van der Waals surface area contributed by atoms with Gasteiger partial charge in [-0.05, 0) is 58.8 Å². The molecule has 1 aliphatic rings. The summed E-state index contributed by atoms with van der Waals surface area (Å²) < 4.78 is 6.28. The molecule has 2 aromatic rings. The maximum absolute atomic E-state index is 6.28. The van der Waals surface area contributed by atoms with Crippen LogP contribution in [0.25, 0.3) is 10.9 Å². The van der Waals surface area contributed by atoms with E-state index < -0.39 is 0 Å². The number of ether oxygens (including phenoxy) is 1. The first-order valence-electron chi connectivity index (χ1n) is 7.41. The summed E-state index contributed by atoms with van der Waals surface area (Å²) in [5.41, 5.74) is 2.26. The first-order chi connectivity index (χ1) is 9.65. The molecule has 1 aromatic heterocycles. The average molecular weight is 310 g/mol. The van der Waals surface area contributed by atoms with Crippen LogP contribution in [0.2, 0.25) is 0 Å². The lowest BCUT2D eigenvalue weighted by atomic mass is 9.92. The highest BCUT2D eigenvalue weighted by atomic mass is 35.5. The van der Waals surface area contributed by atoms with Gasteiger partial charge >= 0.3 is 0 Å². The van der Waals surface area contributed by atoms with Crippen LogP contribution in [-0.2, 0) is 0 Å². The van der Waals surface area contributed by atoms with Crippen LogP contribution in [0, 0.1) is 6.92 Å². The zero-order valence-electron chi connectivity index (χ0n) is 12.9. The summed E-state index contributed by atoms with van der Waals surface area (Å²) in [5, 5.41) is 8.25. The van der Waals surface area contributed by atoms with Crippen LogP contribution >= 0.6 is 12.4 Å². The molecule has 0 unspecified atom stereocenters. The van der Waals surface area contributed by atoms with Crippen LogP contribution in [0.5, 0.6) is 5.75 Å². The number of hydrogen-bond acceptors (Lipinski definition) is 3. The van der Waals surface area contributed by atoms with Crippen LogP contribution in [0.4, 0.5) is 0 Å². The van der Waals surface area contributed by atoms with Crippen molar-refractivity contribution in [2.24, 2.45) is 0 Å². The van der Waals surface area contributed by atoms with Gasteiger partial charge in [-0.1, -0.05) is 0 Å². The molecule has 21 heavy (non-hydrogen) atoms. The van der Waals surface area contributed by atoms with E-state index in [-0.39, 0.29) is 12.4 Å². The Balaban J connectivity index is 0.00000161. The fourth-order valence-corrected chi connectivity index (χ4v) is 3.14. The second-order valence-electron chi connectivity index (χ2n) is 6.04. The van der Waals surface area contributed by atoms with Crippen molar-refractivity contribution in [3.05, 3.63) is 23.9 Å². The second kappa shape index (κ2) is 6.67. The van der Waals surface area contributed by atoms with Crippen LogP contribution in [0.15, 0.2) is 18.3 Å². The predicted molar refractivity (Wildman–Crippen MR) is 88.4 cm³/mol. The minimum Gasteiger partial charge on any atom is -0.490 e. The molecular weight excluding hydrogens is 286 g/mol. The Morgan fingerprint density at radius 3 is 2.86 bits per heavy atom. The van der Waals surface area contributed by atoms with Crippen molar-refractivity contribution in [3.63, 3.8) is 0 Å². The Morgan fingerprint density at radius 1 is 1.29 bits per heavy atom. The fourth-order valence-electron chi connectivity index (χ4n) is 3.14. The SMILES string of the molecule is Cc1c(O[C@@H]2CCC[C@@H](N(C)C)C2)ccc2[nH]ncc12.Cl. The molecule has 2 atom stereocenters. The maximum Gasteiger partial charge on any atom is 0.123 e. The number of nitrogens with zero attached hydrogens (tertiary/aromatic N) is 2. The van der Waals surface area contributed by atoms with Crippen molar-refractivity contribution in [1.82, 2.24) is 15.1 Å². The first-order valence-corrected chi connectivity index (χ1v) is 7.41. The van der Waals surface area contributed by atoms with Gasteiger partial charge in [0.25, 0.3) is 0 Å². The topological polar surface area (TPSA) is 41.1 Å². The third kappa shape index (κ3) is 3.33. The van der Waals surface area contributed by atoms with Gasteiger partial charge in [0.05, 0.1) is 11.7 Å². The largest absolute Gasteiger partial charge is 0.490 e. The molecule has 1 N–H and O–H groups in total. The summed E-state index contributed by atoms with van der Waals surface area (Å²) in [6.07, 6.45) is 7.02. The summed E-state index contributed by atoms with van der Waals surface area (Å²) >= 11 is 0. The number of fused-ring (bicyclic) bond motifs is 1. The summed E-state index contributed by atoms with van der Waals surface area (Å²) in [6, 6.07) is 4.76. The summed E-state index contributed by atoms with van der Waals surface area (Å²) in [4.78, 5) is 2.32. The van der Waals surface area contributed by atoms with E-state index >= 15 is 0 Å². The third-order valence-corrected chi connectivity index (χ3v) is 4.47. The lowest BCUT2D eigenvalue weighted by Gasteiger charge is -2.33. The molecule has 0 bridgehead atoms. The number of nitrogens with one attached hydrogen (secondary N) is 1. The Morgan fingerprint density at radius 2 is 2.10 bits per heavy atom. The van der Waals surface area contributed by atoms with Gasteiger partial charge in [0, 0.05) is 17.0 Å². The molecule has 1 heterocycles. The first kappa shape index (κ1) is 16.1. The molecule has 1 fully saturated rings. The van der Waals surface area contributed by atoms with Gasteiger partial charge in [0.2, 0.25) is 0 Å². The Bertz CT molecular complexity index is 596. The molecule has 0 amide bonds. The van der Waals surface area contributed by atoms with Gasteiger partial charge in [-0.15, -0.1) is 12.4 Å². The third-order valence-electron chi connectivity index (χ3n) is 4.47. The van der Waals surface area contributed by atoms with E-state index in [1.165, 1.54) is 18.4 Å². The van der Waals surface area contributed by atoms with Gasteiger partial charge < -0.3 is 9.64 Å². The number of benzene rings is 1. The maximum atomic E-state index is 6.28. The quantitative estimate of drug-likeness (QED) is 0.942. The number of H-pyrrole nitrogens is 1. The van der Waals surface area contributed by atoms with E-state index in [1.807, 2.05) is 6.20 Å². The van der Waals surface area contributed by atoms with Crippen LogP contribution in [0.3, 0.4) is 0 Å². The zero-order chi connectivity index (χ0) is 14.1. The summed E-state index contributed by atoms with van der Waals surface area (Å²) in [6.45, 7) is 2.11. The molecule has 116 valence electrons. The molecule has 1 aliphatic carbocycles. The molecule has 1 saturated carbocycles. The molecule has 1 aromatic carbocycles. The van der Waals surface area contributed by atoms with Gasteiger partial charge in [0.15, 0.2) is 0 Å². The molecule has 5 heteroatoms. The van der Waals surface area contributed by atoms with E-state index in [9.17, 15) is 0 Å². The number of halogens is 1. The number of hydrogen-bond donors (Lipinski definition) is 1. The second-order valence-corrected chi connectivity index (χ2v) is 6.04. The predicted octanol–water partition coefficient (Wildman–Crippen LogP) is 3.54. The minimum absolute atomic E-state index is 0. The summed E-state index contributed by atoms with van der Waals surface area (Å²) in [7, 11) is 4.33. The molecule has 3 rings (SSSR count). The van der Waals surface area contributed by atoms with E-state index in [1.54, 1.807) is 0 Å². The van der Waals surface area contributed by atoms with Crippen LogP contribution in [0.1, 0.15) is 31.2 Å². The normalized spacial score (nSPS) is 22.3. The minimum atomic E-state index is 0. The smallest absolute Gasteiger partial charge is 0.123 e. The Kier molecular flexibility index (Phi) is 5.12. The van der Waals surface area contributed by atoms with Crippen molar-refractivity contribution in [2.45, 2.75) is 44.8 Å². The average Bonchev–Trinajstić information content (AvgIpc) is 2.91. The molecule has 4 nitrogen and oxygen atoms in total. The summed E-state index contributed by atoms with van der Waals surface area (Å²) in [5.74, 6) is 1.00. The number of aromatic amines is 1. The molecule has 0 spiro atoms. The van der Waals surface area contributed by atoms with E-state index in [4.69, 9.17) is 4.74 Å². The van der Waals surface area contributed by atoms with E-state index in [2.05, 4.69) is 48.2 Å². The molecule has 0 radical (unpaired) electrons. The monoisotopic (exact) mass is 309 g/mol. The fraction of sp³-hybridized carbons (Fsp3) is 0.562. The standard InChI is InChI=1S/C16H23N3O.ClH/c1-11-14-10-17-18-15(14)7-8-16(11)20-13-6-4-5-12(9-13)19(2)3;/h7-8,10,12-13H,4-6,9H2,1-3H3,(H,17,18);1H/t12-,13-;/m1./s1. The van der Waals surface area contributed by atoms with Crippen LogP contribution < -0.4 is 4.74 Å². The van der Waals surface area contributed by atoms with Crippen molar-refractivity contribution in [2.75, 3.05) is 14.1 Å². The van der Waals surface area contributed by atoms with Crippen molar-refractivity contribution in [1.29, 1.82) is 0 Å². The lowest BCUT2D eigenvalue weighted by molar-refractivity contribution is 0.0998. The molecule has 0 saturated heterocycles. The van der Waals surface area contributed by atoms with Crippen LogP contribution in [-0.4, -0.2) is 41.3 Å². The highest BCUT2D eigenvalue weighted by Gasteiger charge is 2.25. The van der Waals surface area contributed by atoms with Gasteiger partial charge in [-0.25, -0.2) is 0 Å². The van der Waals surface area contributed by atoms with Gasteiger partial charge in [-0.2, -0.15) is 5.10 Å². The highest BCUT2D eigenvalue weighted by Crippen LogP contribution is 2.30. The highest BCUT2D eigenvalue weighted by molar-refractivity contribution is 5.85. The molecule has 0 aliphatic heterocycles. The van der Waals surface area contributed by atoms with Gasteiger partial charge in [0.1, 0.15) is 11.9 Å². The number of aromatic nitrogens is 2. The Labute approximate surface area is 132 Å². The van der Waals surface area contributed by atoms with Gasteiger partial charge in [-0.3, -0.25) is 5.10 Å².